The van der Waals surface area contributed by atoms with E-state index in [-0.39, 0.29) is 0 Å². The van der Waals surface area contributed by atoms with Crippen LogP contribution in [0.1, 0.15) is 51.2 Å². The third-order valence-corrected chi connectivity index (χ3v) is 5.65. The predicted molar refractivity (Wildman–Crippen MR) is 93.8 cm³/mol. The van der Waals surface area contributed by atoms with E-state index in [1.165, 1.54) is 19.3 Å². The highest BCUT2D eigenvalue weighted by molar-refractivity contribution is 5.80. The summed E-state index contributed by atoms with van der Waals surface area (Å²) in [5, 5.41) is 15.3. The van der Waals surface area contributed by atoms with Crippen LogP contribution in [0.2, 0.25) is 0 Å². The van der Waals surface area contributed by atoms with E-state index in [1.54, 1.807) is 0 Å². The van der Waals surface area contributed by atoms with Gasteiger partial charge in [0.05, 0.1) is 6.10 Å². The first-order valence-electron chi connectivity index (χ1n) is 9.12. The van der Waals surface area contributed by atoms with Crippen molar-refractivity contribution in [2.24, 2.45) is 17.5 Å². The molecule has 1 heterocycles. The van der Waals surface area contributed by atoms with Crippen LogP contribution in [0.3, 0.4) is 0 Å². The topological polar surface area (TPSA) is 76.4 Å². The van der Waals surface area contributed by atoms with Crippen molar-refractivity contribution >= 4 is 5.96 Å². The highest BCUT2D eigenvalue weighted by Crippen LogP contribution is 2.57. The molecule has 2 unspecified atom stereocenters. The molecule has 0 radical (unpaired) electrons. The van der Waals surface area contributed by atoms with Gasteiger partial charge in [-0.25, -0.2) is 4.99 Å². The fraction of sp³-hybridized carbons (Fsp3) is 0.824. The predicted octanol–water partition coefficient (Wildman–Crippen LogP) is 1.53. The summed E-state index contributed by atoms with van der Waals surface area (Å²) in [4.78, 5) is 4.70. The van der Waals surface area contributed by atoms with Crippen LogP contribution in [0.25, 0.3) is 0 Å². The van der Waals surface area contributed by atoms with Gasteiger partial charge in [-0.1, -0.05) is 6.42 Å². The Labute approximate surface area is 144 Å². The lowest BCUT2D eigenvalue weighted by Crippen LogP contribution is -2.68. The van der Waals surface area contributed by atoms with Gasteiger partial charge in [0.25, 0.3) is 0 Å². The fourth-order valence-electron chi connectivity index (χ4n) is 3.86. The molecule has 2 aliphatic rings. The SMILES string of the molecule is CCNC(=NCc1nnc(C)n1C)NC1CC(OCC)C12CCC2. The van der Waals surface area contributed by atoms with Gasteiger partial charge in [-0.15, -0.1) is 10.2 Å². The molecule has 134 valence electrons. The maximum atomic E-state index is 5.93. The smallest absolute Gasteiger partial charge is 0.191 e. The normalized spacial score (nSPS) is 25.2. The van der Waals surface area contributed by atoms with Crippen molar-refractivity contribution < 1.29 is 4.74 Å². The van der Waals surface area contributed by atoms with Crippen LogP contribution in [0.4, 0.5) is 0 Å². The average Bonchev–Trinajstić information content (AvgIpc) is 2.81. The van der Waals surface area contributed by atoms with Crippen molar-refractivity contribution in [2.45, 2.75) is 65.1 Å². The highest BCUT2D eigenvalue weighted by atomic mass is 16.5. The number of nitrogens with zero attached hydrogens (tertiary/aromatic N) is 4. The van der Waals surface area contributed by atoms with Crippen LogP contribution in [0, 0.1) is 12.3 Å². The van der Waals surface area contributed by atoms with Crippen molar-refractivity contribution in [1.82, 2.24) is 25.4 Å². The van der Waals surface area contributed by atoms with Crippen LogP contribution < -0.4 is 10.6 Å². The maximum absolute atomic E-state index is 5.93. The Morgan fingerprint density at radius 2 is 2.17 bits per heavy atom. The number of ether oxygens (including phenoxy) is 1. The molecule has 1 spiro atoms. The van der Waals surface area contributed by atoms with E-state index in [0.29, 0.717) is 24.1 Å². The molecule has 0 aliphatic heterocycles. The van der Waals surface area contributed by atoms with Gasteiger partial charge in [-0.05, 0) is 40.0 Å². The lowest BCUT2D eigenvalue weighted by atomic mass is 9.51. The Morgan fingerprint density at radius 1 is 1.38 bits per heavy atom. The largest absolute Gasteiger partial charge is 0.378 e. The summed E-state index contributed by atoms with van der Waals surface area (Å²) in [5.41, 5.74) is 0.327. The van der Waals surface area contributed by atoms with E-state index in [2.05, 4.69) is 34.7 Å². The summed E-state index contributed by atoms with van der Waals surface area (Å²) in [7, 11) is 1.97. The molecule has 0 bridgehead atoms. The minimum atomic E-state index is 0.327. The zero-order valence-electron chi connectivity index (χ0n) is 15.3. The Hall–Kier alpha value is -1.63. The van der Waals surface area contributed by atoms with Crippen LogP contribution >= 0.6 is 0 Å². The summed E-state index contributed by atoms with van der Waals surface area (Å²) in [6.45, 7) is 8.30. The Balaban J connectivity index is 1.64. The molecule has 2 atom stereocenters. The first-order chi connectivity index (χ1) is 11.6. The molecule has 1 aromatic rings. The quantitative estimate of drug-likeness (QED) is 0.609. The molecule has 2 aliphatic carbocycles. The molecule has 3 rings (SSSR count). The summed E-state index contributed by atoms with van der Waals surface area (Å²) >= 11 is 0. The van der Waals surface area contributed by atoms with E-state index >= 15 is 0 Å². The zero-order chi connectivity index (χ0) is 17.2. The van der Waals surface area contributed by atoms with E-state index in [0.717, 1.165) is 37.2 Å². The molecule has 2 saturated carbocycles. The van der Waals surface area contributed by atoms with Gasteiger partial charge in [-0.2, -0.15) is 0 Å². The molecule has 24 heavy (non-hydrogen) atoms. The molecule has 0 amide bonds. The second-order valence-electron chi connectivity index (χ2n) is 6.88. The standard InChI is InChI=1S/C17H30N6O/c1-5-18-16(19-11-15-22-21-12(3)23(15)4)20-13-10-14(24-6-2)17(13)8-7-9-17/h13-14H,5-11H2,1-4H3,(H2,18,19,20). The molecule has 7 nitrogen and oxygen atoms in total. The van der Waals surface area contributed by atoms with Gasteiger partial charge in [0.2, 0.25) is 0 Å². The highest BCUT2D eigenvalue weighted by Gasteiger charge is 2.59. The van der Waals surface area contributed by atoms with Crippen molar-refractivity contribution in [3.63, 3.8) is 0 Å². The minimum Gasteiger partial charge on any atom is -0.378 e. The summed E-state index contributed by atoms with van der Waals surface area (Å²) in [5.74, 6) is 2.65. The molecule has 7 heteroatoms. The van der Waals surface area contributed by atoms with Gasteiger partial charge < -0.3 is 19.9 Å². The lowest BCUT2D eigenvalue weighted by Gasteiger charge is -2.61. The molecular formula is C17H30N6O. The maximum Gasteiger partial charge on any atom is 0.191 e. The second kappa shape index (κ2) is 7.09. The monoisotopic (exact) mass is 334 g/mol. The number of aromatic nitrogens is 3. The minimum absolute atomic E-state index is 0.327. The molecular weight excluding hydrogens is 304 g/mol. The Morgan fingerprint density at radius 3 is 2.71 bits per heavy atom. The van der Waals surface area contributed by atoms with Crippen molar-refractivity contribution in [3.05, 3.63) is 11.6 Å². The van der Waals surface area contributed by atoms with Crippen molar-refractivity contribution in [3.8, 4) is 0 Å². The Kier molecular flexibility index (Phi) is 5.08. The van der Waals surface area contributed by atoms with Crippen molar-refractivity contribution in [2.75, 3.05) is 13.2 Å². The number of hydrogen-bond acceptors (Lipinski definition) is 4. The third-order valence-electron chi connectivity index (χ3n) is 5.65. The average molecular weight is 334 g/mol. The van der Waals surface area contributed by atoms with Gasteiger partial charge in [0.1, 0.15) is 12.4 Å². The van der Waals surface area contributed by atoms with Gasteiger partial charge in [0.15, 0.2) is 11.8 Å². The van der Waals surface area contributed by atoms with Crippen LogP contribution in [0.15, 0.2) is 4.99 Å². The molecule has 0 aromatic carbocycles. The second-order valence-corrected chi connectivity index (χ2v) is 6.88. The Bertz CT molecular complexity index is 592. The number of rotatable bonds is 6. The van der Waals surface area contributed by atoms with E-state index in [9.17, 15) is 0 Å². The van der Waals surface area contributed by atoms with Gasteiger partial charge in [0, 0.05) is 31.7 Å². The number of aryl methyl sites for hydroxylation is 1. The van der Waals surface area contributed by atoms with E-state index in [4.69, 9.17) is 9.73 Å². The third kappa shape index (κ3) is 3.01. The van der Waals surface area contributed by atoms with Crippen molar-refractivity contribution in [1.29, 1.82) is 0 Å². The summed E-state index contributed by atoms with van der Waals surface area (Å²) in [6, 6.07) is 0.460. The van der Waals surface area contributed by atoms with E-state index in [1.807, 2.05) is 18.5 Å². The van der Waals surface area contributed by atoms with Crippen LogP contribution in [-0.2, 0) is 18.3 Å². The first kappa shape index (κ1) is 17.2. The molecule has 1 aromatic heterocycles. The number of hydrogen-bond donors (Lipinski definition) is 2. The number of guanidine groups is 1. The fourth-order valence-corrected chi connectivity index (χ4v) is 3.86. The molecule has 2 fully saturated rings. The summed E-state index contributed by atoms with van der Waals surface area (Å²) in [6.07, 6.45) is 5.32. The van der Waals surface area contributed by atoms with Crippen LogP contribution in [0.5, 0.6) is 0 Å². The van der Waals surface area contributed by atoms with Gasteiger partial charge >= 0.3 is 0 Å². The zero-order valence-corrected chi connectivity index (χ0v) is 15.3. The molecule has 0 saturated heterocycles. The molecule has 2 N–H and O–H groups in total. The summed E-state index contributed by atoms with van der Waals surface area (Å²) < 4.78 is 7.91. The lowest BCUT2D eigenvalue weighted by molar-refractivity contribution is -0.168. The first-order valence-corrected chi connectivity index (χ1v) is 9.12. The number of aliphatic imine (C=N–C) groups is 1. The van der Waals surface area contributed by atoms with Crippen LogP contribution in [-0.4, -0.2) is 46.0 Å². The number of nitrogens with one attached hydrogen (secondary N) is 2. The van der Waals surface area contributed by atoms with E-state index < -0.39 is 0 Å². The van der Waals surface area contributed by atoms with Gasteiger partial charge in [-0.3, -0.25) is 0 Å².